The molecule has 2 fully saturated rings. The van der Waals surface area contributed by atoms with Gasteiger partial charge < -0.3 is 14.7 Å². The number of hydrogen-bond acceptors (Lipinski definition) is 3. The van der Waals surface area contributed by atoms with Gasteiger partial charge in [-0.3, -0.25) is 4.79 Å². The molecule has 2 atom stereocenters. The molecule has 0 unspecified atom stereocenters. The molecule has 0 saturated carbocycles. The zero-order chi connectivity index (χ0) is 13.0. The number of aliphatic carboxylic acids is 1. The Kier molecular flexibility index (Phi) is 4.58. The molecule has 0 aromatic rings. The van der Waals surface area contributed by atoms with Gasteiger partial charge in [-0.2, -0.15) is 0 Å². The van der Waals surface area contributed by atoms with Crippen molar-refractivity contribution in [3.8, 4) is 0 Å². The molecule has 0 aromatic heterocycles. The summed E-state index contributed by atoms with van der Waals surface area (Å²) in [7, 11) is 0. The van der Waals surface area contributed by atoms with Gasteiger partial charge in [-0.05, 0) is 38.0 Å². The molecule has 18 heavy (non-hydrogen) atoms. The Morgan fingerprint density at radius 3 is 2.78 bits per heavy atom. The van der Waals surface area contributed by atoms with Crippen molar-refractivity contribution in [3.05, 3.63) is 0 Å². The number of carbonyl (C=O) groups is 2. The van der Waals surface area contributed by atoms with Gasteiger partial charge in [-0.15, -0.1) is 0 Å². The number of likely N-dealkylation sites (tertiary alicyclic amines) is 1. The fourth-order valence-corrected chi connectivity index (χ4v) is 2.83. The van der Waals surface area contributed by atoms with E-state index in [1.807, 2.05) is 0 Å². The van der Waals surface area contributed by atoms with Gasteiger partial charge in [0.25, 0.3) is 0 Å². The summed E-state index contributed by atoms with van der Waals surface area (Å²) in [6.07, 6.45) is 4.86. The Labute approximate surface area is 107 Å². The van der Waals surface area contributed by atoms with Gasteiger partial charge in [0.15, 0.2) is 0 Å². The number of carboxylic acids is 1. The lowest BCUT2D eigenvalue weighted by atomic mass is 9.96. The standard InChI is InChI=1S/C13H21NO4/c15-12(6-5-10-3-2-8-18-9-10)14-7-1-4-11(14)13(16)17/h10-11H,1-9H2,(H,16,17)/t10-,11-/m0/s1. The highest BCUT2D eigenvalue weighted by molar-refractivity contribution is 5.84. The van der Waals surface area contributed by atoms with Gasteiger partial charge in [0.1, 0.15) is 6.04 Å². The highest BCUT2D eigenvalue weighted by atomic mass is 16.5. The first kappa shape index (κ1) is 13.3. The monoisotopic (exact) mass is 255 g/mol. The van der Waals surface area contributed by atoms with Crippen molar-refractivity contribution in [1.29, 1.82) is 0 Å². The predicted octanol–water partition coefficient (Wildman–Crippen LogP) is 1.27. The molecular formula is C13H21NO4. The van der Waals surface area contributed by atoms with Gasteiger partial charge in [0.2, 0.25) is 5.91 Å². The minimum atomic E-state index is -0.873. The molecule has 2 aliphatic heterocycles. The van der Waals surface area contributed by atoms with E-state index in [1.54, 1.807) is 0 Å². The maximum absolute atomic E-state index is 12.0. The number of ether oxygens (including phenoxy) is 1. The topological polar surface area (TPSA) is 66.8 Å². The molecule has 2 saturated heterocycles. The first-order valence-corrected chi connectivity index (χ1v) is 6.78. The van der Waals surface area contributed by atoms with Crippen LogP contribution in [0.5, 0.6) is 0 Å². The van der Waals surface area contributed by atoms with E-state index in [0.29, 0.717) is 25.3 Å². The van der Waals surface area contributed by atoms with Crippen LogP contribution < -0.4 is 0 Å². The van der Waals surface area contributed by atoms with Crippen LogP contribution in [0.2, 0.25) is 0 Å². The Bertz CT molecular complexity index is 312. The normalized spacial score (nSPS) is 28.3. The van der Waals surface area contributed by atoms with Gasteiger partial charge in [-0.1, -0.05) is 0 Å². The van der Waals surface area contributed by atoms with Crippen molar-refractivity contribution in [2.24, 2.45) is 5.92 Å². The molecule has 1 amide bonds. The number of nitrogens with zero attached hydrogens (tertiary/aromatic N) is 1. The minimum Gasteiger partial charge on any atom is -0.480 e. The van der Waals surface area contributed by atoms with Crippen molar-refractivity contribution in [2.45, 2.75) is 44.6 Å². The molecule has 102 valence electrons. The fraction of sp³-hybridized carbons (Fsp3) is 0.846. The third-order valence-corrected chi connectivity index (χ3v) is 3.88. The zero-order valence-electron chi connectivity index (χ0n) is 10.6. The molecule has 2 heterocycles. The third kappa shape index (κ3) is 3.22. The van der Waals surface area contributed by atoms with Crippen molar-refractivity contribution in [2.75, 3.05) is 19.8 Å². The van der Waals surface area contributed by atoms with Gasteiger partial charge >= 0.3 is 5.97 Å². The number of carboxylic acid groups (broad SMARTS) is 1. The Morgan fingerprint density at radius 2 is 2.11 bits per heavy atom. The maximum Gasteiger partial charge on any atom is 0.326 e. The van der Waals surface area contributed by atoms with Crippen LogP contribution in [-0.4, -0.2) is 47.7 Å². The second-order valence-electron chi connectivity index (χ2n) is 5.21. The van der Waals surface area contributed by atoms with Crippen LogP contribution in [0.15, 0.2) is 0 Å². The highest BCUT2D eigenvalue weighted by Crippen LogP contribution is 2.22. The number of rotatable bonds is 4. The van der Waals surface area contributed by atoms with Crippen molar-refractivity contribution in [1.82, 2.24) is 4.90 Å². The van der Waals surface area contributed by atoms with Crippen LogP contribution in [0.3, 0.4) is 0 Å². The summed E-state index contributed by atoms with van der Waals surface area (Å²) in [5.41, 5.74) is 0. The maximum atomic E-state index is 12.0. The molecule has 5 heteroatoms. The first-order chi connectivity index (χ1) is 8.68. The number of amides is 1. The Balaban J connectivity index is 1.78. The summed E-state index contributed by atoms with van der Waals surface area (Å²) < 4.78 is 5.38. The van der Waals surface area contributed by atoms with Gasteiger partial charge in [-0.25, -0.2) is 4.79 Å². The molecular weight excluding hydrogens is 234 g/mol. The predicted molar refractivity (Wildman–Crippen MR) is 65.1 cm³/mol. The smallest absolute Gasteiger partial charge is 0.326 e. The lowest BCUT2D eigenvalue weighted by Crippen LogP contribution is -2.40. The molecule has 2 rings (SSSR count). The summed E-state index contributed by atoms with van der Waals surface area (Å²) in [6, 6.07) is -0.597. The van der Waals surface area contributed by atoms with E-state index in [0.717, 1.165) is 38.9 Å². The van der Waals surface area contributed by atoms with Crippen LogP contribution in [0.1, 0.15) is 38.5 Å². The van der Waals surface area contributed by atoms with E-state index >= 15 is 0 Å². The average Bonchev–Trinajstić information content (AvgIpc) is 2.86. The number of carbonyl (C=O) groups excluding carboxylic acids is 1. The SMILES string of the molecule is O=C(O)[C@@H]1CCCN1C(=O)CC[C@@H]1CCCOC1. The summed E-state index contributed by atoms with van der Waals surface area (Å²) in [5.74, 6) is -0.416. The largest absolute Gasteiger partial charge is 0.480 e. The van der Waals surface area contributed by atoms with Crippen LogP contribution in [0.4, 0.5) is 0 Å². The second-order valence-corrected chi connectivity index (χ2v) is 5.21. The third-order valence-electron chi connectivity index (χ3n) is 3.88. The molecule has 0 bridgehead atoms. The highest BCUT2D eigenvalue weighted by Gasteiger charge is 2.33. The second kappa shape index (κ2) is 6.18. The van der Waals surface area contributed by atoms with E-state index in [2.05, 4.69) is 0 Å². The van der Waals surface area contributed by atoms with E-state index in [1.165, 1.54) is 4.90 Å². The molecule has 1 N–H and O–H groups in total. The van der Waals surface area contributed by atoms with Crippen LogP contribution in [0, 0.1) is 5.92 Å². The lowest BCUT2D eigenvalue weighted by Gasteiger charge is -2.24. The van der Waals surface area contributed by atoms with Crippen LogP contribution >= 0.6 is 0 Å². The first-order valence-electron chi connectivity index (χ1n) is 6.78. The van der Waals surface area contributed by atoms with E-state index in [-0.39, 0.29) is 5.91 Å². The summed E-state index contributed by atoms with van der Waals surface area (Å²) >= 11 is 0. The van der Waals surface area contributed by atoms with Crippen LogP contribution in [-0.2, 0) is 14.3 Å². The van der Waals surface area contributed by atoms with Crippen LogP contribution in [0.25, 0.3) is 0 Å². The summed E-state index contributed by atoms with van der Waals surface area (Å²) in [5, 5.41) is 9.04. The lowest BCUT2D eigenvalue weighted by molar-refractivity contribution is -0.148. The Hall–Kier alpha value is -1.10. The number of hydrogen-bond donors (Lipinski definition) is 1. The van der Waals surface area contributed by atoms with Gasteiger partial charge in [0, 0.05) is 26.2 Å². The summed E-state index contributed by atoms with van der Waals surface area (Å²) in [4.78, 5) is 24.6. The van der Waals surface area contributed by atoms with Crippen molar-refractivity contribution in [3.63, 3.8) is 0 Å². The molecule has 0 aliphatic carbocycles. The fourth-order valence-electron chi connectivity index (χ4n) is 2.83. The van der Waals surface area contributed by atoms with E-state index in [9.17, 15) is 9.59 Å². The minimum absolute atomic E-state index is 0.00882. The van der Waals surface area contributed by atoms with E-state index in [4.69, 9.17) is 9.84 Å². The zero-order valence-corrected chi connectivity index (χ0v) is 10.6. The van der Waals surface area contributed by atoms with Crippen molar-refractivity contribution >= 4 is 11.9 Å². The molecule has 2 aliphatic rings. The summed E-state index contributed by atoms with van der Waals surface area (Å²) in [6.45, 7) is 2.17. The molecule has 0 radical (unpaired) electrons. The van der Waals surface area contributed by atoms with Gasteiger partial charge in [0.05, 0.1) is 0 Å². The van der Waals surface area contributed by atoms with E-state index < -0.39 is 12.0 Å². The van der Waals surface area contributed by atoms with Crippen molar-refractivity contribution < 1.29 is 19.4 Å². The molecule has 0 spiro atoms. The quantitative estimate of drug-likeness (QED) is 0.821. The Morgan fingerprint density at radius 1 is 1.28 bits per heavy atom. The average molecular weight is 255 g/mol. The molecule has 5 nitrogen and oxygen atoms in total. The molecule has 0 aromatic carbocycles.